The van der Waals surface area contributed by atoms with Crippen molar-refractivity contribution in [1.29, 1.82) is 0 Å². The average molecular weight is 343 g/mol. The lowest BCUT2D eigenvalue weighted by atomic mass is 9.86. The van der Waals surface area contributed by atoms with Crippen LogP contribution in [0.4, 0.5) is 0 Å². The van der Waals surface area contributed by atoms with E-state index in [9.17, 15) is 8.42 Å². The van der Waals surface area contributed by atoms with Gasteiger partial charge in [0.2, 0.25) is 10.0 Å². The Kier molecular flexibility index (Phi) is 4.23. The normalized spacial score (nSPS) is 32.7. The SMILES string of the molecule is CN1[C@@H](COCC2CC2)CCC12CCN(S(=O)(=O)C1CC1)CC2. The zero-order valence-corrected chi connectivity index (χ0v) is 15.1. The highest BCUT2D eigenvalue weighted by Crippen LogP contribution is 2.42. The molecule has 0 N–H and O–H groups in total. The van der Waals surface area contributed by atoms with Crippen molar-refractivity contribution in [3.63, 3.8) is 0 Å². The van der Waals surface area contributed by atoms with Gasteiger partial charge >= 0.3 is 0 Å². The molecule has 132 valence electrons. The maximum absolute atomic E-state index is 12.4. The number of likely N-dealkylation sites (tertiary alicyclic amines) is 1. The van der Waals surface area contributed by atoms with Gasteiger partial charge in [-0.2, -0.15) is 0 Å². The maximum atomic E-state index is 12.4. The third kappa shape index (κ3) is 3.20. The molecule has 5 nitrogen and oxygen atoms in total. The van der Waals surface area contributed by atoms with E-state index in [0.717, 1.165) is 44.8 Å². The van der Waals surface area contributed by atoms with E-state index in [0.29, 0.717) is 19.1 Å². The number of nitrogens with zero attached hydrogens (tertiary/aromatic N) is 2. The summed E-state index contributed by atoms with van der Waals surface area (Å²) >= 11 is 0. The number of ether oxygens (including phenoxy) is 1. The van der Waals surface area contributed by atoms with Crippen molar-refractivity contribution in [3.05, 3.63) is 0 Å². The molecule has 6 heteroatoms. The van der Waals surface area contributed by atoms with Gasteiger partial charge in [0.25, 0.3) is 0 Å². The van der Waals surface area contributed by atoms with Crippen LogP contribution in [0, 0.1) is 5.92 Å². The lowest BCUT2D eigenvalue weighted by Gasteiger charge is -2.44. The van der Waals surface area contributed by atoms with Crippen molar-refractivity contribution >= 4 is 10.0 Å². The van der Waals surface area contributed by atoms with Crippen molar-refractivity contribution in [3.8, 4) is 0 Å². The van der Waals surface area contributed by atoms with E-state index in [-0.39, 0.29) is 10.8 Å². The lowest BCUT2D eigenvalue weighted by Crippen LogP contribution is -2.54. The summed E-state index contributed by atoms with van der Waals surface area (Å²) in [6.45, 7) is 3.20. The fraction of sp³-hybridized carbons (Fsp3) is 1.00. The number of rotatable bonds is 6. The van der Waals surface area contributed by atoms with Crippen LogP contribution in [0.15, 0.2) is 0 Å². The highest BCUT2D eigenvalue weighted by atomic mass is 32.2. The van der Waals surface area contributed by atoms with Crippen molar-refractivity contribution in [2.75, 3.05) is 33.4 Å². The van der Waals surface area contributed by atoms with Gasteiger partial charge in [-0.15, -0.1) is 0 Å². The second-order valence-electron chi connectivity index (χ2n) is 8.15. The molecule has 4 fully saturated rings. The Labute approximate surface area is 140 Å². The molecule has 4 aliphatic rings. The molecule has 1 atom stereocenters. The van der Waals surface area contributed by atoms with Crippen molar-refractivity contribution in [2.24, 2.45) is 5.92 Å². The quantitative estimate of drug-likeness (QED) is 0.739. The Morgan fingerprint density at radius 2 is 1.70 bits per heavy atom. The molecular formula is C17H30N2O3S. The van der Waals surface area contributed by atoms with Crippen molar-refractivity contribution in [2.45, 2.75) is 68.2 Å². The molecule has 2 saturated carbocycles. The zero-order chi connectivity index (χ0) is 16.1. The third-order valence-electron chi connectivity index (χ3n) is 6.56. The molecule has 0 aromatic carbocycles. The molecule has 2 aliphatic carbocycles. The van der Waals surface area contributed by atoms with Crippen LogP contribution < -0.4 is 0 Å². The summed E-state index contributed by atoms with van der Waals surface area (Å²) < 4.78 is 32.5. The Balaban J connectivity index is 1.31. The van der Waals surface area contributed by atoms with Gasteiger partial charge in [-0.25, -0.2) is 12.7 Å². The van der Waals surface area contributed by atoms with E-state index in [4.69, 9.17) is 4.74 Å². The monoisotopic (exact) mass is 342 g/mol. The van der Waals surface area contributed by atoms with Crippen molar-refractivity contribution < 1.29 is 13.2 Å². The van der Waals surface area contributed by atoms with Crippen LogP contribution in [0.5, 0.6) is 0 Å². The van der Waals surface area contributed by atoms with Crippen LogP contribution in [0.3, 0.4) is 0 Å². The molecule has 0 radical (unpaired) electrons. The van der Waals surface area contributed by atoms with Crippen LogP contribution in [0.25, 0.3) is 0 Å². The minimum Gasteiger partial charge on any atom is -0.380 e. The summed E-state index contributed by atoms with van der Waals surface area (Å²) in [5, 5.41) is -0.0681. The van der Waals surface area contributed by atoms with Crippen LogP contribution in [0.1, 0.15) is 51.4 Å². The van der Waals surface area contributed by atoms with Gasteiger partial charge in [0.1, 0.15) is 0 Å². The molecule has 0 unspecified atom stereocenters. The number of hydrogen-bond donors (Lipinski definition) is 0. The molecular weight excluding hydrogens is 312 g/mol. The van der Waals surface area contributed by atoms with Gasteiger partial charge in [-0.3, -0.25) is 4.90 Å². The Bertz CT molecular complexity index is 534. The predicted molar refractivity (Wildman–Crippen MR) is 89.8 cm³/mol. The second-order valence-corrected chi connectivity index (χ2v) is 10.4. The Morgan fingerprint density at radius 3 is 2.30 bits per heavy atom. The molecule has 2 aliphatic heterocycles. The lowest BCUT2D eigenvalue weighted by molar-refractivity contribution is 0.0282. The molecule has 4 rings (SSSR count). The molecule has 1 spiro atoms. The van der Waals surface area contributed by atoms with Gasteiger partial charge in [0.05, 0.1) is 11.9 Å². The number of sulfonamides is 1. The van der Waals surface area contributed by atoms with Crippen LogP contribution >= 0.6 is 0 Å². The van der Waals surface area contributed by atoms with Gasteiger partial charge in [0.15, 0.2) is 0 Å². The standard InChI is InChI=1S/C17H30N2O3S/c1-18-15(13-22-12-14-2-3-14)6-7-17(18)8-10-19(11-9-17)23(20,21)16-4-5-16/h14-16H,2-13H2,1H3/t15-/m1/s1. The summed E-state index contributed by atoms with van der Waals surface area (Å²) in [4.78, 5) is 2.51. The molecule has 0 bridgehead atoms. The van der Waals surface area contributed by atoms with E-state index < -0.39 is 10.0 Å². The van der Waals surface area contributed by atoms with Crippen LogP contribution in [-0.4, -0.2) is 67.8 Å². The van der Waals surface area contributed by atoms with E-state index in [1.165, 1.54) is 25.7 Å². The first-order chi connectivity index (χ1) is 11.0. The first-order valence-corrected chi connectivity index (χ1v) is 10.8. The number of piperidine rings is 1. The maximum Gasteiger partial charge on any atom is 0.216 e. The smallest absolute Gasteiger partial charge is 0.216 e. The fourth-order valence-electron chi connectivity index (χ4n) is 4.38. The third-order valence-corrected chi connectivity index (χ3v) is 8.96. The van der Waals surface area contributed by atoms with Gasteiger partial charge in [-0.1, -0.05) is 0 Å². The summed E-state index contributed by atoms with van der Waals surface area (Å²) in [6, 6.07) is 0.514. The highest BCUT2D eigenvalue weighted by molar-refractivity contribution is 7.90. The Hall–Kier alpha value is -0.170. The molecule has 2 saturated heterocycles. The number of likely N-dealkylation sites (N-methyl/N-ethyl adjacent to an activating group) is 1. The average Bonchev–Trinajstić information content (AvgIpc) is 3.43. The molecule has 2 heterocycles. The molecule has 0 amide bonds. The van der Waals surface area contributed by atoms with E-state index in [1.54, 1.807) is 4.31 Å². The van der Waals surface area contributed by atoms with E-state index >= 15 is 0 Å². The fourth-order valence-corrected chi connectivity index (χ4v) is 6.22. The second kappa shape index (κ2) is 5.97. The molecule has 0 aromatic heterocycles. The minimum atomic E-state index is -2.99. The molecule has 23 heavy (non-hydrogen) atoms. The van der Waals surface area contributed by atoms with E-state index in [2.05, 4.69) is 11.9 Å². The number of hydrogen-bond acceptors (Lipinski definition) is 4. The molecule has 0 aromatic rings. The van der Waals surface area contributed by atoms with Gasteiger partial charge < -0.3 is 4.74 Å². The van der Waals surface area contributed by atoms with Gasteiger partial charge in [0, 0.05) is 31.3 Å². The zero-order valence-electron chi connectivity index (χ0n) is 14.2. The van der Waals surface area contributed by atoms with Crippen LogP contribution in [-0.2, 0) is 14.8 Å². The summed E-state index contributed by atoms with van der Waals surface area (Å²) in [5.74, 6) is 0.825. The Morgan fingerprint density at radius 1 is 1.00 bits per heavy atom. The largest absolute Gasteiger partial charge is 0.380 e. The van der Waals surface area contributed by atoms with Crippen molar-refractivity contribution in [1.82, 2.24) is 9.21 Å². The first kappa shape index (κ1) is 16.3. The predicted octanol–water partition coefficient (Wildman–Crippen LogP) is 1.83. The minimum absolute atomic E-state index is 0.0681. The summed E-state index contributed by atoms with van der Waals surface area (Å²) in [5.41, 5.74) is 0.211. The topological polar surface area (TPSA) is 49.9 Å². The van der Waals surface area contributed by atoms with Crippen LogP contribution in [0.2, 0.25) is 0 Å². The first-order valence-electron chi connectivity index (χ1n) is 9.31. The summed E-state index contributed by atoms with van der Waals surface area (Å²) in [6.07, 6.45) is 8.76. The van der Waals surface area contributed by atoms with E-state index in [1.807, 2.05) is 0 Å². The highest BCUT2D eigenvalue weighted by Gasteiger charge is 2.49. The van der Waals surface area contributed by atoms with Gasteiger partial charge in [-0.05, 0) is 64.3 Å². The summed E-state index contributed by atoms with van der Waals surface area (Å²) in [7, 11) is -0.767.